The van der Waals surface area contributed by atoms with Gasteiger partial charge in [0.2, 0.25) is 0 Å². The highest BCUT2D eigenvalue weighted by Gasteiger charge is 2.12. The van der Waals surface area contributed by atoms with Gasteiger partial charge in [-0.15, -0.1) is 11.3 Å². The molecule has 90 valence electrons. The minimum atomic E-state index is -0.420. The minimum Gasteiger partial charge on any atom is -0.461 e. The summed E-state index contributed by atoms with van der Waals surface area (Å²) >= 11 is 1.35. The SMILES string of the molecule is CCOC(=O)c1csc(-c2cccc(C#N)c2)n1. The van der Waals surface area contributed by atoms with E-state index in [1.165, 1.54) is 11.3 Å². The number of benzene rings is 1. The smallest absolute Gasteiger partial charge is 0.357 e. The van der Waals surface area contributed by atoms with Crippen molar-refractivity contribution in [1.29, 1.82) is 5.26 Å². The highest BCUT2D eigenvalue weighted by Crippen LogP contribution is 2.24. The van der Waals surface area contributed by atoms with Crippen LogP contribution in [0.3, 0.4) is 0 Å². The van der Waals surface area contributed by atoms with E-state index in [1.54, 1.807) is 30.5 Å². The van der Waals surface area contributed by atoms with Gasteiger partial charge in [0.15, 0.2) is 5.69 Å². The van der Waals surface area contributed by atoms with Crippen molar-refractivity contribution in [2.45, 2.75) is 6.92 Å². The summed E-state index contributed by atoms with van der Waals surface area (Å²) in [7, 11) is 0. The first-order valence-electron chi connectivity index (χ1n) is 5.37. The lowest BCUT2D eigenvalue weighted by Crippen LogP contribution is -2.04. The molecule has 2 rings (SSSR count). The third-order valence-electron chi connectivity index (χ3n) is 2.23. The van der Waals surface area contributed by atoms with Crippen molar-refractivity contribution < 1.29 is 9.53 Å². The summed E-state index contributed by atoms with van der Waals surface area (Å²) in [6, 6.07) is 9.19. The van der Waals surface area contributed by atoms with E-state index in [0.717, 1.165) is 5.56 Å². The molecule has 0 atom stereocenters. The van der Waals surface area contributed by atoms with Crippen LogP contribution in [0.5, 0.6) is 0 Å². The Bertz CT molecular complexity index is 613. The summed E-state index contributed by atoms with van der Waals surface area (Å²) in [6.45, 7) is 2.08. The van der Waals surface area contributed by atoms with Gasteiger partial charge in [-0.2, -0.15) is 5.26 Å². The molecule has 4 nitrogen and oxygen atoms in total. The standard InChI is InChI=1S/C13H10N2O2S/c1-2-17-13(16)11-8-18-12(15-11)10-5-3-4-9(6-10)7-14/h3-6,8H,2H2,1H3. The van der Waals surface area contributed by atoms with Gasteiger partial charge in [-0.3, -0.25) is 0 Å². The monoisotopic (exact) mass is 258 g/mol. The van der Waals surface area contributed by atoms with E-state index in [0.29, 0.717) is 22.9 Å². The minimum absolute atomic E-state index is 0.305. The van der Waals surface area contributed by atoms with Crippen LogP contribution in [0.25, 0.3) is 10.6 Å². The van der Waals surface area contributed by atoms with Crippen LogP contribution in [-0.2, 0) is 4.74 Å². The molecule has 0 amide bonds. The largest absolute Gasteiger partial charge is 0.461 e. The lowest BCUT2D eigenvalue weighted by atomic mass is 10.1. The van der Waals surface area contributed by atoms with Crippen LogP contribution in [0, 0.1) is 11.3 Å². The first-order chi connectivity index (χ1) is 8.74. The van der Waals surface area contributed by atoms with E-state index in [9.17, 15) is 4.79 Å². The van der Waals surface area contributed by atoms with Crippen molar-refractivity contribution in [3.8, 4) is 16.6 Å². The lowest BCUT2D eigenvalue weighted by Gasteiger charge is -1.97. The Morgan fingerprint density at radius 2 is 2.39 bits per heavy atom. The Kier molecular flexibility index (Phi) is 3.70. The van der Waals surface area contributed by atoms with Crippen LogP contribution in [-0.4, -0.2) is 17.6 Å². The number of nitriles is 1. The Labute approximate surface area is 108 Å². The fourth-order valence-corrected chi connectivity index (χ4v) is 2.21. The fourth-order valence-electron chi connectivity index (χ4n) is 1.43. The molecule has 0 aliphatic heterocycles. The van der Waals surface area contributed by atoms with Gasteiger partial charge in [-0.05, 0) is 19.1 Å². The molecule has 2 aromatic rings. The maximum atomic E-state index is 11.5. The molecule has 0 aliphatic carbocycles. The van der Waals surface area contributed by atoms with Crippen LogP contribution in [0.2, 0.25) is 0 Å². The van der Waals surface area contributed by atoms with Gasteiger partial charge in [-0.1, -0.05) is 12.1 Å². The molecule has 1 aromatic heterocycles. The first-order valence-corrected chi connectivity index (χ1v) is 6.25. The topological polar surface area (TPSA) is 63.0 Å². The van der Waals surface area contributed by atoms with Gasteiger partial charge in [0.05, 0.1) is 18.2 Å². The number of hydrogen-bond donors (Lipinski definition) is 0. The van der Waals surface area contributed by atoms with E-state index < -0.39 is 5.97 Å². The number of rotatable bonds is 3. The molecule has 0 unspecified atom stereocenters. The first kappa shape index (κ1) is 12.3. The molecule has 0 spiro atoms. The number of hydrogen-bond acceptors (Lipinski definition) is 5. The molecule has 1 heterocycles. The van der Waals surface area contributed by atoms with Crippen LogP contribution in [0.4, 0.5) is 0 Å². The number of nitrogens with zero attached hydrogens (tertiary/aromatic N) is 2. The summed E-state index contributed by atoms with van der Waals surface area (Å²) in [6.07, 6.45) is 0. The third-order valence-corrected chi connectivity index (χ3v) is 3.12. The summed E-state index contributed by atoms with van der Waals surface area (Å²) in [5.74, 6) is -0.420. The number of thiazole rings is 1. The zero-order chi connectivity index (χ0) is 13.0. The maximum absolute atomic E-state index is 11.5. The zero-order valence-corrected chi connectivity index (χ0v) is 10.5. The highest BCUT2D eigenvalue weighted by molar-refractivity contribution is 7.13. The summed E-state index contributed by atoms with van der Waals surface area (Å²) in [4.78, 5) is 15.7. The van der Waals surface area contributed by atoms with Gasteiger partial charge in [0.1, 0.15) is 5.01 Å². The number of aromatic nitrogens is 1. The second-order valence-electron chi connectivity index (χ2n) is 3.45. The lowest BCUT2D eigenvalue weighted by molar-refractivity contribution is 0.0520. The van der Waals surface area contributed by atoms with Crippen molar-refractivity contribution in [3.63, 3.8) is 0 Å². The predicted octanol–water partition coefficient (Wildman–Crippen LogP) is 2.86. The van der Waals surface area contributed by atoms with Crippen molar-refractivity contribution in [2.24, 2.45) is 0 Å². The average Bonchev–Trinajstić information content (AvgIpc) is 2.89. The molecule has 0 saturated heterocycles. The van der Waals surface area contributed by atoms with Gasteiger partial charge < -0.3 is 4.74 Å². The number of carbonyl (C=O) groups excluding carboxylic acids is 1. The van der Waals surface area contributed by atoms with Gasteiger partial charge in [0, 0.05) is 10.9 Å². The molecule has 1 aromatic carbocycles. The van der Waals surface area contributed by atoms with Crippen LogP contribution < -0.4 is 0 Å². The highest BCUT2D eigenvalue weighted by atomic mass is 32.1. The van der Waals surface area contributed by atoms with Crippen molar-refractivity contribution in [1.82, 2.24) is 4.98 Å². The number of carbonyl (C=O) groups is 1. The molecule has 0 aliphatic rings. The van der Waals surface area contributed by atoms with E-state index in [4.69, 9.17) is 10.00 Å². The Hall–Kier alpha value is -2.19. The molecule has 0 saturated carbocycles. The van der Waals surface area contributed by atoms with Crippen LogP contribution in [0.1, 0.15) is 23.0 Å². The third kappa shape index (κ3) is 2.55. The molecule has 0 bridgehead atoms. The van der Waals surface area contributed by atoms with Crippen LogP contribution >= 0.6 is 11.3 Å². The molecule has 5 heteroatoms. The second-order valence-corrected chi connectivity index (χ2v) is 4.31. The van der Waals surface area contributed by atoms with E-state index in [2.05, 4.69) is 11.1 Å². The van der Waals surface area contributed by atoms with Crippen molar-refractivity contribution in [2.75, 3.05) is 6.61 Å². The zero-order valence-electron chi connectivity index (χ0n) is 9.71. The molecular formula is C13H10N2O2S. The van der Waals surface area contributed by atoms with Gasteiger partial charge >= 0.3 is 5.97 Å². The van der Waals surface area contributed by atoms with Crippen molar-refractivity contribution >= 4 is 17.3 Å². The van der Waals surface area contributed by atoms with Gasteiger partial charge in [0.25, 0.3) is 0 Å². The molecule has 0 N–H and O–H groups in total. The van der Waals surface area contributed by atoms with Gasteiger partial charge in [-0.25, -0.2) is 9.78 Å². The van der Waals surface area contributed by atoms with E-state index >= 15 is 0 Å². The fraction of sp³-hybridized carbons (Fsp3) is 0.154. The maximum Gasteiger partial charge on any atom is 0.357 e. The molecule has 18 heavy (non-hydrogen) atoms. The Morgan fingerprint density at radius 1 is 1.56 bits per heavy atom. The normalized spacial score (nSPS) is 9.78. The average molecular weight is 258 g/mol. The predicted molar refractivity (Wildman–Crippen MR) is 68.2 cm³/mol. The Morgan fingerprint density at radius 3 is 3.11 bits per heavy atom. The molecule has 0 fully saturated rings. The summed E-state index contributed by atoms with van der Waals surface area (Å²) in [5, 5.41) is 11.2. The summed E-state index contributed by atoms with van der Waals surface area (Å²) in [5.41, 5.74) is 1.70. The summed E-state index contributed by atoms with van der Waals surface area (Å²) < 4.78 is 4.87. The van der Waals surface area contributed by atoms with E-state index in [-0.39, 0.29) is 0 Å². The van der Waals surface area contributed by atoms with Crippen molar-refractivity contribution in [3.05, 3.63) is 40.9 Å². The molecular weight excluding hydrogens is 248 g/mol. The number of ether oxygens (including phenoxy) is 1. The van der Waals surface area contributed by atoms with Crippen LogP contribution in [0.15, 0.2) is 29.6 Å². The Balaban J connectivity index is 2.29. The quantitative estimate of drug-likeness (QED) is 0.794. The number of esters is 1. The molecule has 0 radical (unpaired) electrons. The second kappa shape index (κ2) is 5.43. The van der Waals surface area contributed by atoms with E-state index in [1.807, 2.05) is 6.07 Å².